The van der Waals surface area contributed by atoms with Crippen molar-refractivity contribution in [2.45, 2.75) is 6.92 Å². The molecule has 0 N–H and O–H groups in total. The van der Waals surface area contributed by atoms with Gasteiger partial charge in [0.25, 0.3) is 0 Å². The number of hydrogen-bond acceptors (Lipinski definition) is 3. The Kier molecular flexibility index (Phi) is 3.98. The molecule has 0 saturated heterocycles. The number of aromatic nitrogens is 1. The van der Waals surface area contributed by atoms with E-state index in [1.165, 1.54) is 5.56 Å². The summed E-state index contributed by atoms with van der Waals surface area (Å²) in [6.45, 7) is 2.37. The number of hydrogen-bond donors (Lipinski definition) is 0. The van der Waals surface area contributed by atoms with Gasteiger partial charge in [0, 0.05) is 21.5 Å². The van der Waals surface area contributed by atoms with Crippen LogP contribution < -0.4 is 9.47 Å². The Bertz CT molecular complexity index is 849. The van der Waals surface area contributed by atoms with Gasteiger partial charge in [-0.2, -0.15) is 0 Å². The molecule has 2 aromatic carbocycles. The molecular formula is C17H13BrClNO2. The Morgan fingerprint density at radius 2 is 1.68 bits per heavy atom. The minimum Gasteiger partial charge on any atom is -0.454 e. The fourth-order valence-electron chi connectivity index (χ4n) is 2.55. The molecule has 3 nitrogen and oxygen atoms in total. The molecule has 1 aliphatic heterocycles. The van der Waals surface area contributed by atoms with Crippen molar-refractivity contribution in [2.24, 2.45) is 0 Å². The maximum absolute atomic E-state index is 5.44. The summed E-state index contributed by atoms with van der Waals surface area (Å²) in [6.07, 6.45) is 0. The van der Waals surface area contributed by atoms with Crippen molar-refractivity contribution < 1.29 is 9.47 Å². The predicted octanol–water partition coefficient (Wildman–Crippen LogP) is 5.12. The van der Waals surface area contributed by atoms with Crippen LogP contribution in [-0.4, -0.2) is 11.8 Å². The molecule has 1 aliphatic rings. The summed E-state index contributed by atoms with van der Waals surface area (Å²) in [5.74, 6) is 1.56. The first-order valence-corrected chi connectivity index (χ1v) is 7.47. The van der Waals surface area contributed by atoms with Gasteiger partial charge in [0.05, 0.1) is 11.2 Å². The van der Waals surface area contributed by atoms with E-state index in [-0.39, 0.29) is 19.2 Å². The highest BCUT2D eigenvalue weighted by molar-refractivity contribution is 9.10. The molecule has 0 radical (unpaired) electrons. The van der Waals surface area contributed by atoms with E-state index in [4.69, 9.17) is 14.5 Å². The van der Waals surface area contributed by atoms with Crippen LogP contribution in [0.2, 0.25) is 0 Å². The lowest BCUT2D eigenvalue weighted by molar-refractivity contribution is 0.174. The number of nitrogens with zero attached hydrogens (tertiary/aromatic N) is 1. The number of ether oxygens (including phenoxy) is 2. The average molecular weight is 379 g/mol. The van der Waals surface area contributed by atoms with E-state index in [1.807, 2.05) is 24.3 Å². The molecule has 0 atom stereocenters. The van der Waals surface area contributed by atoms with E-state index >= 15 is 0 Å². The molecule has 4 rings (SSSR count). The van der Waals surface area contributed by atoms with E-state index < -0.39 is 0 Å². The number of rotatable bonds is 1. The zero-order chi connectivity index (χ0) is 14.4. The minimum absolute atomic E-state index is 0. The van der Waals surface area contributed by atoms with Crippen LogP contribution in [0.3, 0.4) is 0 Å². The summed E-state index contributed by atoms with van der Waals surface area (Å²) in [5.41, 5.74) is 4.17. The smallest absolute Gasteiger partial charge is 0.231 e. The van der Waals surface area contributed by atoms with E-state index in [0.29, 0.717) is 0 Å². The first-order chi connectivity index (χ1) is 10.2. The van der Waals surface area contributed by atoms with Crippen molar-refractivity contribution in [2.75, 3.05) is 6.79 Å². The largest absolute Gasteiger partial charge is 0.454 e. The van der Waals surface area contributed by atoms with E-state index in [0.717, 1.165) is 38.1 Å². The topological polar surface area (TPSA) is 31.4 Å². The van der Waals surface area contributed by atoms with Gasteiger partial charge in [-0.15, -0.1) is 12.4 Å². The van der Waals surface area contributed by atoms with Crippen LogP contribution in [-0.2, 0) is 0 Å². The second-order valence-electron chi connectivity index (χ2n) is 5.05. The Labute approximate surface area is 142 Å². The second-order valence-corrected chi connectivity index (χ2v) is 5.97. The summed E-state index contributed by atoms with van der Waals surface area (Å²) in [4.78, 5) is 4.76. The number of fused-ring (bicyclic) bond motifs is 2. The summed E-state index contributed by atoms with van der Waals surface area (Å²) >= 11 is 3.46. The lowest BCUT2D eigenvalue weighted by Gasteiger charge is -2.08. The van der Waals surface area contributed by atoms with Gasteiger partial charge in [0.15, 0.2) is 11.5 Å². The Hall–Kier alpha value is -1.78. The molecule has 112 valence electrons. The van der Waals surface area contributed by atoms with Crippen molar-refractivity contribution in [1.29, 1.82) is 0 Å². The summed E-state index contributed by atoms with van der Waals surface area (Å²) in [6, 6.07) is 14.2. The van der Waals surface area contributed by atoms with Crippen LogP contribution >= 0.6 is 28.3 Å². The summed E-state index contributed by atoms with van der Waals surface area (Å²) < 4.78 is 11.9. The minimum atomic E-state index is 0. The highest BCUT2D eigenvalue weighted by Gasteiger charge is 2.16. The summed E-state index contributed by atoms with van der Waals surface area (Å²) in [7, 11) is 0. The van der Waals surface area contributed by atoms with Crippen molar-refractivity contribution in [1.82, 2.24) is 4.98 Å². The lowest BCUT2D eigenvalue weighted by atomic mass is 10.0. The van der Waals surface area contributed by atoms with Gasteiger partial charge >= 0.3 is 0 Å². The molecule has 0 amide bonds. The normalized spacial score (nSPS) is 12.3. The maximum Gasteiger partial charge on any atom is 0.231 e. The van der Waals surface area contributed by atoms with Crippen LogP contribution in [0, 0.1) is 6.92 Å². The number of benzene rings is 2. The Morgan fingerprint density at radius 1 is 1.00 bits per heavy atom. The molecule has 1 aromatic heterocycles. The first kappa shape index (κ1) is 15.1. The van der Waals surface area contributed by atoms with E-state index in [1.54, 1.807) is 0 Å². The fraction of sp³-hybridized carbons (Fsp3) is 0.118. The maximum atomic E-state index is 5.44. The Balaban J connectivity index is 0.00000144. The third-order valence-electron chi connectivity index (χ3n) is 3.65. The van der Waals surface area contributed by atoms with Crippen molar-refractivity contribution in [3.8, 4) is 22.8 Å². The van der Waals surface area contributed by atoms with Crippen LogP contribution in [0.15, 0.2) is 46.9 Å². The van der Waals surface area contributed by atoms with E-state index in [9.17, 15) is 0 Å². The van der Waals surface area contributed by atoms with Crippen molar-refractivity contribution in [3.05, 3.63) is 52.5 Å². The predicted molar refractivity (Wildman–Crippen MR) is 93.0 cm³/mol. The van der Waals surface area contributed by atoms with Gasteiger partial charge in [-0.3, -0.25) is 0 Å². The SMILES string of the molecule is Cc1cc(-c2ccc(Br)cc2)nc2cc3c(cc12)OCO3.Cl. The number of halogens is 2. The molecule has 5 heteroatoms. The summed E-state index contributed by atoms with van der Waals surface area (Å²) in [5, 5.41) is 1.10. The monoisotopic (exact) mass is 377 g/mol. The fourth-order valence-corrected chi connectivity index (χ4v) is 2.82. The molecule has 3 aromatic rings. The Morgan fingerprint density at radius 3 is 2.41 bits per heavy atom. The molecule has 2 heterocycles. The molecule has 0 aliphatic carbocycles. The van der Waals surface area contributed by atoms with Gasteiger partial charge in [-0.1, -0.05) is 28.1 Å². The standard InChI is InChI=1S/C17H12BrNO2.ClH/c1-10-6-14(11-2-4-12(18)5-3-11)19-15-8-17-16(7-13(10)15)20-9-21-17;/h2-8H,9H2,1H3;1H. The quantitative estimate of drug-likeness (QED) is 0.589. The van der Waals surface area contributed by atoms with Crippen LogP contribution in [0.25, 0.3) is 22.2 Å². The number of aryl methyl sites for hydroxylation is 1. The van der Waals surface area contributed by atoms with Crippen LogP contribution in [0.5, 0.6) is 11.5 Å². The van der Waals surface area contributed by atoms with Crippen LogP contribution in [0.4, 0.5) is 0 Å². The molecule has 0 unspecified atom stereocenters. The van der Waals surface area contributed by atoms with Crippen LogP contribution in [0.1, 0.15) is 5.56 Å². The molecule has 0 spiro atoms. The van der Waals surface area contributed by atoms with Crippen molar-refractivity contribution in [3.63, 3.8) is 0 Å². The molecule has 0 saturated carbocycles. The third kappa shape index (κ3) is 2.53. The highest BCUT2D eigenvalue weighted by Crippen LogP contribution is 2.37. The third-order valence-corrected chi connectivity index (χ3v) is 4.18. The average Bonchev–Trinajstić information content (AvgIpc) is 2.93. The molecule has 0 fully saturated rings. The lowest BCUT2D eigenvalue weighted by Crippen LogP contribution is -1.92. The second kappa shape index (κ2) is 5.78. The van der Waals surface area contributed by atoms with Gasteiger partial charge in [-0.05, 0) is 36.8 Å². The zero-order valence-corrected chi connectivity index (χ0v) is 14.2. The van der Waals surface area contributed by atoms with Gasteiger partial charge in [0.1, 0.15) is 0 Å². The molecule has 22 heavy (non-hydrogen) atoms. The molecule has 0 bridgehead atoms. The highest BCUT2D eigenvalue weighted by atomic mass is 79.9. The first-order valence-electron chi connectivity index (χ1n) is 6.68. The van der Waals surface area contributed by atoms with E-state index in [2.05, 4.69) is 41.1 Å². The zero-order valence-electron chi connectivity index (χ0n) is 11.8. The molecular weight excluding hydrogens is 366 g/mol. The number of pyridine rings is 1. The van der Waals surface area contributed by atoms with Gasteiger partial charge in [0.2, 0.25) is 6.79 Å². The van der Waals surface area contributed by atoms with Gasteiger partial charge in [-0.25, -0.2) is 4.98 Å². The van der Waals surface area contributed by atoms with Crippen molar-refractivity contribution >= 4 is 39.2 Å². The van der Waals surface area contributed by atoms with Gasteiger partial charge < -0.3 is 9.47 Å².